The lowest BCUT2D eigenvalue weighted by molar-refractivity contribution is -0.135. The Morgan fingerprint density at radius 1 is 0.976 bits per heavy atom. The Morgan fingerprint density at radius 3 is 2.29 bits per heavy atom. The summed E-state index contributed by atoms with van der Waals surface area (Å²) in [4.78, 5) is 49.7. The Balaban J connectivity index is 1.51. The smallest absolute Gasteiger partial charge is 0.402 e. The standard InChI is InChI=1S/C30H42BN5O5/c1-29(2)30(3,4)41-31(40-29)25(15-11-14-22-12-7-5-8-13-22)35-27(38)23(20-26(37)36-18-9-6-10-19-36)34-28(39)24-21-32-16-17-33-24/h5,7-8,12-13,16-17,21,23,25H,6,9-11,14-15,18-20H2,1-4H3,(H,34,39)(H,35,38)/t23-,25+/m1/s1. The molecular weight excluding hydrogens is 521 g/mol. The van der Waals surface area contributed by atoms with Crippen molar-refractivity contribution in [1.82, 2.24) is 25.5 Å². The number of benzene rings is 1. The summed E-state index contributed by atoms with van der Waals surface area (Å²) in [6.07, 6.45) is 9.18. The predicted molar refractivity (Wildman–Crippen MR) is 156 cm³/mol. The second kappa shape index (κ2) is 13.6. The second-order valence-electron chi connectivity index (χ2n) is 11.9. The molecule has 1 aromatic heterocycles. The lowest BCUT2D eigenvalue weighted by Crippen LogP contribution is -2.56. The van der Waals surface area contributed by atoms with Gasteiger partial charge in [0.2, 0.25) is 11.8 Å². The van der Waals surface area contributed by atoms with Crippen LogP contribution in [0.2, 0.25) is 0 Å². The van der Waals surface area contributed by atoms with Crippen LogP contribution in [0.15, 0.2) is 48.9 Å². The van der Waals surface area contributed by atoms with Gasteiger partial charge in [-0.15, -0.1) is 0 Å². The van der Waals surface area contributed by atoms with Crippen LogP contribution in [0.25, 0.3) is 0 Å². The minimum Gasteiger partial charge on any atom is -0.402 e. The first kappa shape index (κ1) is 30.6. The van der Waals surface area contributed by atoms with Crippen molar-refractivity contribution in [2.45, 2.75) is 95.8 Å². The van der Waals surface area contributed by atoms with Gasteiger partial charge in [0.15, 0.2) is 0 Å². The third-order valence-electron chi connectivity index (χ3n) is 8.26. The Bertz CT molecular complexity index is 1160. The van der Waals surface area contributed by atoms with Crippen LogP contribution in [0.1, 0.15) is 82.3 Å². The molecule has 2 N–H and O–H groups in total. The summed E-state index contributed by atoms with van der Waals surface area (Å²) < 4.78 is 12.6. The fourth-order valence-electron chi connectivity index (χ4n) is 5.09. The molecule has 220 valence electrons. The maximum absolute atomic E-state index is 13.8. The maximum Gasteiger partial charge on any atom is 0.481 e. The number of carbonyl (C=O) groups is 3. The minimum absolute atomic E-state index is 0.0705. The van der Waals surface area contributed by atoms with Crippen molar-refractivity contribution in [3.8, 4) is 0 Å². The number of nitrogens with one attached hydrogen (secondary N) is 2. The Morgan fingerprint density at radius 2 is 1.66 bits per heavy atom. The molecule has 3 amide bonds. The molecule has 0 unspecified atom stereocenters. The zero-order chi connectivity index (χ0) is 29.5. The van der Waals surface area contributed by atoms with E-state index in [9.17, 15) is 14.4 Å². The van der Waals surface area contributed by atoms with E-state index in [0.717, 1.165) is 32.1 Å². The summed E-state index contributed by atoms with van der Waals surface area (Å²) in [5.74, 6) is -1.69. The first-order valence-electron chi connectivity index (χ1n) is 14.6. The SMILES string of the molecule is CC1(C)OB([C@H](CCCc2ccccc2)NC(=O)[C@@H](CC(=O)N2CCCCC2)NC(=O)c2cnccn2)OC1(C)C. The molecule has 0 spiro atoms. The highest BCUT2D eigenvalue weighted by Crippen LogP contribution is 2.38. The van der Waals surface area contributed by atoms with Gasteiger partial charge in [0.05, 0.1) is 29.8 Å². The Labute approximate surface area is 243 Å². The number of likely N-dealkylation sites (tertiary alicyclic amines) is 1. The molecule has 2 atom stereocenters. The highest BCUT2D eigenvalue weighted by atomic mass is 16.7. The van der Waals surface area contributed by atoms with Crippen molar-refractivity contribution < 1.29 is 23.7 Å². The number of carbonyl (C=O) groups excluding carboxylic acids is 3. The average Bonchev–Trinajstić information content (AvgIpc) is 3.19. The Kier molecular flexibility index (Phi) is 10.1. The van der Waals surface area contributed by atoms with Gasteiger partial charge >= 0.3 is 7.12 Å². The van der Waals surface area contributed by atoms with E-state index in [4.69, 9.17) is 9.31 Å². The van der Waals surface area contributed by atoms with E-state index in [1.807, 2.05) is 45.9 Å². The van der Waals surface area contributed by atoms with Crippen molar-refractivity contribution in [3.05, 3.63) is 60.2 Å². The lowest BCUT2D eigenvalue weighted by Gasteiger charge is -2.32. The number of aromatic nitrogens is 2. The van der Waals surface area contributed by atoms with Crippen LogP contribution in [-0.4, -0.2) is 76.0 Å². The van der Waals surface area contributed by atoms with Gasteiger partial charge in [-0.1, -0.05) is 30.3 Å². The van der Waals surface area contributed by atoms with Gasteiger partial charge in [-0.25, -0.2) is 4.98 Å². The van der Waals surface area contributed by atoms with Gasteiger partial charge in [0.1, 0.15) is 11.7 Å². The van der Waals surface area contributed by atoms with E-state index >= 15 is 0 Å². The molecule has 2 fully saturated rings. The minimum atomic E-state index is -1.10. The first-order valence-corrected chi connectivity index (χ1v) is 14.6. The topological polar surface area (TPSA) is 123 Å². The predicted octanol–water partition coefficient (Wildman–Crippen LogP) is 3.12. The number of amides is 3. The first-order chi connectivity index (χ1) is 19.6. The van der Waals surface area contributed by atoms with E-state index in [1.165, 1.54) is 24.2 Å². The molecule has 11 heteroatoms. The van der Waals surface area contributed by atoms with E-state index in [0.29, 0.717) is 19.5 Å². The fourth-order valence-corrected chi connectivity index (χ4v) is 5.09. The molecule has 2 aromatic rings. The number of hydrogen-bond donors (Lipinski definition) is 2. The van der Waals surface area contributed by atoms with Crippen LogP contribution in [0.5, 0.6) is 0 Å². The highest BCUT2D eigenvalue weighted by Gasteiger charge is 2.54. The number of aryl methyl sites for hydroxylation is 1. The summed E-state index contributed by atoms with van der Waals surface area (Å²) >= 11 is 0. The van der Waals surface area contributed by atoms with E-state index < -0.39 is 42.1 Å². The quantitative estimate of drug-likeness (QED) is 0.403. The van der Waals surface area contributed by atoms with Crippen molar-refractivity contribution >= 4 is 24.8 Å². The third kappa shape index (κ3) is 8.13. The van der Waals surface area contributed by atoms with Crippen LogP contribution in [-0.2, 0) is 25.3 Å². The van der Waals surface area contributed by atoms with Crippen molar-refractivity contribution in [2.24, 2.45) is 0 Å². The molecule has 41 heavy (non-hydrogen) atoms. The second-order valence-corrected chi connectivity index (χ2v) is 11.9. The molecule has 0 saturated carbocycles. The molecule has 3 heterocycles. The molecule has 4 rings (SSSR count). The molecule has 1 aromatic carbocycles. The summed E-state index contributed by atoms with van der Waals surface area (Å²) in [7, 11) is -0.686. The normalized spacial score (nSPS) is 19.3. The lowest BCUT2D eigenvalue weighted by atomic mass is 9.75. The molecule has 2 aliphatic rings. The Hall–Kier alpha value is -3.31. The van der Waals surface area contributed by atoms with Gasteiger partial charge in [0, 0.05) is 25.5 Å². The summed E-state index contributed by atoms with van der Waals surface area (Å²) in [5, 5.41) is 5.81. The van der Waals surface area contributed by atoms with Crippen LogP contribution >= 0.6 is 0 Å². The number of piperidine rings is 1. The van der Waals surface area contributed by atoms with Gasteiger partial charge in [-0.2, -0.15) is 0 Å². The summed E-state index contributed by atoms with van der Waals surface area (Å²) in [6, 6.07) is 9.05. The van der Waals surface area contributed by atoms with Crippen LogP contribution in [0, 0.1) is 0 Å². The van der Waals surface area contributed by atoms with Gasteiger partial charge < -0.3 is 24.8 Å². The molecule has 2 saturated heterocycles. The number of hydrogen-bond acceptors (Lipinski definition) is 7. The molecule has 0 bridgehead atoms. The van der Waals surface area contributed by atoms with E-state index in [2.05, 4.69) is 32.7 Å². The summed E-state index contributed by atoms with van der Waals surface area (Å²) in [6.45, 7) is 9.19. The third-order valence-corrected chi connectivity index (χ3v) is 8.26. The van der Waals surface area contributed by atoms with E-state index in [-0.39, 0.29) is 18.0 Å². The average molecular weight is 564 g/mol. The largest absolute Gasteiger partial charge is 0.481 e. The zero-order valence-corrected chi connectivity index (χ0v) is 24.6. The van der Waals surface area contributed by atoms with E-state index in [1.54, 1.807) is 4.90 Å². The van der Waals surface area contributed by atoms with Gasteiger partial charge in [-0.3, -0.25) is 19.4 Å². The van der Waals surface area contributed by atoms with Crippen molar-refractivity contribution in [1.29, 1.82) is 0 Å². The fraction of sp³-hybridized carbons (Fsp3) is 0.567. The molecule has 10 nitrogen and oxygen atoms in total. The monoisotopic (exact) mass is 563 g/mol. The summed E-state index contributed by atoms with van der Waals surface area (Å²) in [5.41, 5.74) is 0.113. The number of rotatable bonds is 11. The van der Waals surface area contributed by atoms with Crippen molar-refractivity contribution in [3.63, 3.8) is 0 Å². The number of nitrogens with zero attached hydrogens (tertiary/aromatic N) is 3. The van der Waals surface area contributed by atoms with Gasteiger partial charge in [-0.05, 0) is 71.8 Å². The molecule has 2 aliphatic heterocycles. The highest BCUT2D eigenvalue weighted by molar-refractivity contribution is 6.48. The van der Waals surface area contributed by atoms with Crippen LogP contribution < -0.4 is 10.6 Å². The van der Waals surface area contributed by atoms with Crippen LogP contribution in [0.3, 0.4) is 0 Å². The van der Waals surface area contributed by atoms with Crippen molar-refractivity contribution in [2.75, 3.05) is 13.1 Å². The zero-order valence-electron chi connectivity index (χ0n) is 24.6. The molecular formula is C30H42BN5O5. The molecule has 0 radical (unpaired) electrons. The van der Waals surface area contributed by atoms with Crippen LogP contribution in [0.4, 0.5) is 0 Å². The molecule has 0 aliphatic carbocycles. The van der Waals surface area contributed by atoms with Gasteiger partial charge in [0.25, 0.3) is 5.91 Å². The maximum atomic E-state index is 13.8.